The van der Waals surface area contributed by atoms with Gasteiger partial charge in [0.25, 0.3) is 0 Å². The Balaban J connectivity index is 1.78. The van der Waals surface area contributed by atoms with Gasteiger partial charge in [-0.15, -0.1) is 0 Å². The number of aliphatic imine (C=N–C) groups is 1. The predicted molar refractivity (Wildman–Crippen MR) is 116 cm³/mol. The zero-order valence-corrected chi connectivity index (χ0v) is 18.5. The molecule has 0 radical (unpaired) electrons. The normalized spacial score (nSPS) is 16.2. The van der Waals surface area contributed by atoms with Crippen LogP contribution in [0.2, 0.25) is 0 Å². The topological polar surface area (TPSA) is 80.2 Å². The molecule has 1 aliphatic heterocycles. The maximum absolute atomic E-state index is 12.4. The van der Waals surface area contributed by atoms with E-state index in [2.05, 4.69) is 15.2 Å². The Morgan fingerprint density at radius 1 is 1.17 bits per heavy atom. The molecule has 0 bridgehead atoms. The Bertz CT molecular complexity index is 702. The summed E-state index contributed by atoms with van der Waals surface area (Å²) in [6.45, 7) is 6.57. The first-order valence-corrected chi connectivity index (χ1v) is 12.1. The molecule has 1 N–H and O–H groups in total. The number of guanidine groups is 1. The van der Waals surface area contributed by atoms with Crippen molar-refractivity contribution in [1.29, 1.82) is 0 Å². The highest BCUT2D eigenvalue weighted by Crippen LogP contribution is 2.15. The van der Waals surface area contributed by atoms with Crippen molar-refractivity contribution in [3.63, 3.8) is 0 Å². The third-order valence-corrected chi connectivity index (χ3v) is 6.67. The molecular formula is C21H35N3O4S. The van der Waals surface area contributed by atoms with Crippen molar-refractivity contribution < 1.29 is 17.9 Å². The number of nitrogens with one attached hydrogen (secondary N) is 1. The molecule has 0 unspecified atom stereocenters. The van der Waals surface area contributed by atoms with Crippen LogP contribution < -0.4 is 5.32 Å². The number of rotatable bonds is 11. The van der Waals surface area contributed by atoms with Crippen LogP contribution in [0.25, 0.3) is 0 Å². The van der Waals surface area contributed by atoms with Crippen molar-refractivity contribution in [3.8, 4) is 0 Å². The first-order valence-electron chi connectivity index (χ1n) is 10.5. The Hall–Kier alpha value is -1.64. The number of hydrogen-bond donors (Lipinski definition) is 1. The van der Waals surface area contributed by atoms with Gasteiger partial charge in [-0.25, -0.2) is 8.42 Å². The van der Waals surface area contributed by atoms with Crippen LogP contribution in [0.5, 0.6) is 0 Å². The SMILES string of the molecule is CCNC(=NCCCS(=O)(=O)c1ccccc1)N1CCC(OCCCOC)CC1. The van der Waals surface area contributed by atoms with E-state index in [0.717, 1.165) is 58.1 Å². The lowest BCUT2D eigenvalue weighted by Gasteiger charge is -2.34. The molecule has 0 aliphatic carbocycles. The van der Waals surface area contributed by atoms with E-state index in [0.29, 0.717) is 24.0 Å². The van der Waals surface area contributed by atoms with Gasteiger partial charge in [0, 0.05) is 46.5 Å². The molecule has 1 fully saturated rings. The summed E-state index contributed by atoms with van der Waals surface area (Å²) in [5, 5.41) is 3.33. The zero-order valence-electron chi connectivity index (χ0n) is 17.7. The Kier molecular flexibility index (Phi) is 10.5. The summed E-state index contributed by atoms with van der Waals surface area (Å²) in [5.74, 6) is 0.972. The number of piperidine rings is 1. The molecule has 1 aromatic carbocycles. The van der Waals surface area contributed by atoms with Gasteiger partial charge < -0.3 is 19.7 Å². The number of benzene rings is 1. The highest BCUT2D eigenvalue weighted by molar-refractivity contribution is 7.91. The van der Waals surface area contributed by atoms with Gasteiger partial charge in [-0.05, 0) is 44.7 Å². The van der Waals surface area contributed by atoms with E-state index >= 15 is 0 Å². The highest BCUT2D eigenvalue weighted by Gasteiger charge is 2.22. The van der Waals surface area contributed by atoms with E-state index in [9.17, 15) is 8.42 Å². The number of nitrogens with zero attached hydrogens (tertiary/aromatic N) is 2. The van der Waals surface area contributed by atoms with Gasteiger partial charge >= 0.3 is 0 Å². The molecule has 29 heavy (non-hydrogen) atoms. The van der Waals surface area contributed by atoms with Gasteiger partial charge in [-0.2, -0.15) is 0 Å². The van der Waals surface area contributed by atoms with Crippen LogP contribution in [-0.4, -0.2) is 77.6 Å². The second-order valence-electron chi connectivity index (χ2n) is 7.12. The van der Waals surface area contributed by atoms with E-state index in [1.807, 2.05) is 13.0 Å². The van der Waals surface area contributed by atoms with E-state index in [-0.39, 0.29) is 5.75 Å². The second kappa shape index (κ2) is 12.8. The molecule has 0 amide bonds. The minimum Gasteiger partial charge on any atom is -0.385 e. The van der Waals surface area contributed by atoms with Crippen LogP contribution in [0.3, 0.4) is 0 Å². The summed E-state index contributed by atoms with van der Waals surface area (Å²) >= 11 is 0. The molecule has 1 saturated heterocycles. The fourth-order valence-corrected chi connectivity index (χ4v) is 4.62. The maximum atomic E-state index is 12.4. The number of methoxy groups -OCH3 is 1. The lowest BCUT2D eigenvalue weighted by Crippen LogP contribution is -2.47. The van der Waals surface area contributed by atoms with E-state index in [1.54, 1.807) is 31.4 Å². The summed E-state index contributed by atoms with van der Waals surface area (Å²) < 4.78 is 35.7. The first kappa shape index (κ1) is 23.6. The molecule has 0 spiro atoms. The third kappa shape index (κ3) is 8.32. The van der Waals surface area contributed by atoms with Crippen molar-refractivity contribution in [1.82, 2.24) is 10.2 Å². The quantitative estimate of drug-likeness (QED) is 0.333. The largest absolute Gasteiger partial charge is 0.385 e. The molecule has 1 heterocycles. The molecule has 2 rings (SSSR count). The maximum Gasteiger partial charge on any atom is 0.193 e. The molecule has 1 aliphatic rings. The second-order valence-corrected chi connectivity index (χ2v) is 9.23. The molecule has 8 heteroatoms. The summed E-state index contributed by atoms with van der Waals surface area (Å²) in [5.41, 5.74) is 0. The van der Waals surface area contributed by atoms with Crippen LogP contribution >= 0.6 is 0 Å². The van der Waals surface area contributed by atoms with Gasteiger partial charge in [0.15, 0.2) is 15.8 Å². The predicted octanol–water partition coefficient (Wildman–Crippen LogP) is 2.33. The van der Waals surface area contributed by atoms with Gasteiger partial charge in [0.1, 0.15) is 0 Å². The van der Waals surface area contributed by atoms with E-state index in [1.165, 1.54) is 0 Å². The minimum atomic E-state index is -3.24. The number of sulfone groups is 1. The molecule has 0 atom stereocenters. The number of hydrogen-bond acceptors (Lipinski definition) is 5. The Morgan fingerprint density at radius 2 is 1.90 bits per heavy atom. The number of likely N-dealkylation sites (tertiary alicyclic amines) is 1. The molecule has 7 nitrogen and oxygen atoms in total. The highest BCUT2D eigenvalue weighted by atomic mass is 32.2. The van der Waals surface area contributed by atoms with Crippen molar-refractivity contribution >= 4 is 15.8 Å². The zero-order chi connectivity index (χ0) is 21.0. The summed E-state index contributed by atoms with van der Waals surface area (Å²) in [6.07, 6.45) is 3.67. The van der Waals surface area contributed by atoms with Gasteiger partial charge in [0.2, 0.25) is 0 Å². The lowest BCUT2D eigenvalue weighted by atomic mass is 10.1. The van der Waals surface area contributed by atoms with Crippen LogP contribution in [0.4, 0.5) is 0 Å². The Morgan fingerprint density at radius 3 is 2.55 bits per heavy atom. The Labute approximate surface area is 175 Å². The molecule has 0 saturated carbocycles. The average molecular weight is 426 g/mol. The van der Waals surface area contributed by atoms with E-state index < -0.39 is 9.84 Å². The van der Waals surface area contributed by atoms with Crippen LogP contribution in [0.15, 0.2) is 40.2 Å². The van der Waals surface area contributed by atoms with Gasteiger partial charge in [0.05, 0.1) is 16.8 Å². The standard InChI is InChI=1S/C21H35N3O4S/c1-3-22-21(24-14-11-19(12-15-24)28-17-8-16-27-2)23-13-7-18-29(25,26)20-9-5-4-6-10-20/h4-6,9-10,19H,3,7-8,11-18H2,1-2H3,(H,22,23). The van der Waals surface area contributed by atoms with Crippen molar-refractivity contribution in [3.05, 3.63) is 30.3 Å². The fraction of sp³-hybridized carbons (Fsp3) is 0.667. The van der Waals surface area contributed by atoms with Crippen molar-refractivity contribution in [2.75, 3.05) is 52.3 Å². The lowest BCUT2D eigenvalue weighted by molar-refractivity contribution is 0.00990. The van der Waals surface area contributed by atoms with Crippen LogP contribution in [0, 0.1) is 0 Å². The van der Waals surface area contributed by atoms with Crippen LogP contribution in [0.1, 0.15) is 32.6 Å². The fourth-order valence-electron chi connectivity index (χ4n) is 3.30. The summed E-state index contributed by atoms with van der Waals surface area (Å²) in [4.78, 5) is 7.27. The molecule has 1 aromatic rings. The first-order chi connectivity index (χ1) is 14.1. The molecule has 0 aromatic heterocycles. The van der Waals surface area contributed by atoms with Crippen molar-refractivity contribution in [2.45, 2.75) is 43.6 Å². The minimum absolute atomic E-state index is 0.108. The van der Waals surface area contributed by atoms with Gasteiger partial charge in [-0.3, -0.25) is 4.99 Å². The van der Waals surface area contributed by atoms with E-state index in [4.69, 9.17) is 9.47 Å². The monoisotopic (exact) mass is 425 g/mol. The summed E-state index contributed by atoms with van der Waals surface area (Å²) in [6, 6.07) is 8.60. The average Bonchev–Trinajstić information content (AvgIpc) is 2.74. The smallest absolute Gasteiger partial charge is 0.193 e. The third-order valence-electron chi connectivity index (χ3n) is 4.86. The van der Waals surface area contributed by atoms with Crippen molar-refractivity contribution in [2.24, 2.45) is 4.99 Å². The van der Waals surface area contributed by atoms with Gasteiger partial charge in [-0.1, -0.05) is 18.2 Å². The number of ether oxygens (including phenoxy) is 2. The molecule has 164 valence electrons. The van der Waals surface area contributed by atoms with Crippen LogP contribution in [-0.2, 0) is 19.3 Å². The summed E-state index contributed by atoms with van der Waals surface area (Å²) in [7, 11) is -1.54. The molecular weight excluding hydrogens is 390 g/mol.